The minimum atomic E-state index is 0.503. The Morgan fingerprint density at radius 1 is 1.07 bits per heavy atom. The van der Waals surface area contributed by atoms with E-state index in [0.717, 1.165) is 18.3 Å². The topological polar surface area (TPSA) is 17.1 Å². The zero-order chi connectivity index (χ0) is 10.3. The molecule has 1 fully saturated rings. The first-order valence-corrected chi connectivity index (χ1v) is 5.32. The fraction of sp³-hybridized carbons (Fsp3) is 0.214. The molecule has 0 N–H and O–H groups in total. The van der Waals surface area contributed by atoms with Crippen LogP contribution in [-0.4, -0.2) is 6.29 Å². The summed E-state index contributed by atoms with van der Waals surface area (Å²) >= 11 is 0. The summed E-state index contributed by atoms with van der Waals surface area (Å²) in [5.74, 6) is 1.10. The second-order valence-electron chi connectivity index (χ2n) is 4.22. The highest BCUT2D eigenvalue weighted by molar-refractivity contribution is 5.83. The van der Waals surface area contributed by atoms with E-state index in [4.69, 9.17) is 0 Å². The van der Waals surface area contributed by atoms with Gasteiger partial charge in [-0.3, -0.25) is 4.79 Å². The molecule has 0 spiro atoms. The first kappa shape index (κ1) is 8.66. The predicted octanol–water partition coefficient (Wildman–Crippen LogP) is 2.85. The van der Waals surface area contributed by atoms with Crippen molar-refractivity contribution in [3.8, 4) is 0 Å². The van der Waals surface area contributed by atoms with Gasteiger partial charge in [-0.05, 0) is 35.0 Å². The molecule has 1 nitrogen and oxygen atoms in total. The molecule has 0 radical (unpaired) electrons. The minimum absolute atomic E-state index is 0.503. The van der Waals surface area contributed by atoms with Crippen LogP contribution in [0, 0.1) is 11.8 Å². The van der Waals surface area contributed by atoms with Crippen LogP contribution in [0.3, 0.4) is 0 Å². The standard InChI is InChI=1S/C14H12O/c15-9-11-6-7-12(14-8-13(11)14)10-4-2-1-3-5-10/h1-7,9,13-14H,8H2. The van der Waals surface area contributed by atoms with Crippen LogP contribution in [0.4, 0.5) is 0 Å². The van der Waals surface area contributed by atoms with Crippen molar-refractivity contribution in [2.75, 3.05) is 0 Å². The van der Waals surface area contributed by atoms with Gasteiger partial charge in [0.25, 0.3) is 0 Å². The average molecular weight is 196 g/mol. The molecule has 2 atom stereocenters. The Balaban J connectivity index is 2.00. The molecule has 0 saturated heterocycles. The summed E-state index contributed by atoms with van der Waals surface area (Å²) < 4.78 is 0. The van der Waals surface area contributed by atoms with Crippen LogP contribution >= 0.6 is 0 Å². The van der Waals surface area contributed by atoms with Crippen molar-refractivity contribution in [1.29, 1.82) is 0 Å². The van der Waals surface area contributed by atoms with Gasteiger partial charge in [0.1, 0.15) is 6.29 Å². The molecule has 0 amide bonds. The molecule has 1 aromatic rings. The highest BCUT2D eigenvalue weighted by Gasteiger charge is 2.43. The molecule has 1 aromatic carbocycles. The van der Waals surface area contributed by atoms with Gasteiger partial charge >= 0.3 is 0 Å². The lowest BCUT2D eigenvalue weighted by Crippen LogP contribution is -1.98. The van der Waals surface area contributed by atoms with Crippen LogP contribution in [0.2, 0.25) is 0 Å². The Morgan fingerprint density at radius 3 is 2.60 bits per heavy atom. The predicted molar refractivity (Wildman–Crippen MR) is 60.2 cm³/mol. The maximum absolute atomic E-state index is 10.7. The molecule has 74 valence electrons. The van der Waals surface area contributed by atoms with Gasteiger partial charge in [-0.1, -0.05) is 42.5 Å². The molecule has 2 unspecified atom stereocenters. The number of carbonyl (C=O) groups excluding carboxylic acids is 1. The van der Waals surface area contributed by atoms with Gasteiger partial charge in [0.2, 0.25) is 0 Å². The summed E-state index contributed by atoms with van der Waals surface area (Å²) in [5.41, 5.74) is 3.66. The van der Waals surface area contributed by atoms with E-state index in [0.29, 0.717) is 11.8 Å². The van der Waals surface area contributed by atoms with Crippen molar-refractivity contribution in [2.45, 2.75) is 6.42 Å². The van der Waals surface area contributed by atoms with Crippen molar-refractivity contribution in [3.63, 3.8) is 0 Å². The van der Waals surface area contributed by atoms with Crippen molar-refractivity contribution in [1.82, 2.24) is 0 Å². The zero-order valence-electron chi connectivity index (χ0n) is 8.39. The molecule has 1 saturated carbocycles. The number of carbonyl (C=O) groups is 1. The third-order valence-corrected chi connectivity index (χ3v) is 3.32. The van der Waals surface area contributed by atoms with Crippen molar-refractivity contribution in [3.05, 3.63) is 53.6 Å². The minimum Gasteiger partial charge on any atom is -0.298 e. The number of allylic oxidation sites excluding steroid dienone is 4. The summed E-state index contributed by atoms with van der Waals surface area (Å²) in [6.07, 6.45) is 6.23. The second kappa shape index (κ2) is 3.20. The third kappa shape index (κ3) is 1.35. The Morgan fingerprint density at radius 2 is 1.87 bits per heavy atom. The van der Waals surface area contributed by atoms with Gasteiger partial charge in [0.15, 0.2) is 0 Å². The summed E-state index contributed by atoms with van der Waals surface area (Å²) in [6.45, 7) is 0. The van der Waals surface area contributed by atoms with E-state index in [-0.39, 0.29) is 0 Å². The molecule has 0 bridgehead atoms. The van der Waals surface area contributed by atoms with E-state index in [1.54, 1.807) is 0 Å². The molecule has 2 aliphatic carbocycles. The van der Waals surface area contributed by atoms with Gasteiger partial charge in [-0.15, -0.1) is 0 Å². The third-order valence-electron chi connectivity index (χ3n) is 3.32. The highest BCUT2D eigenvalue weighted by atomic mass is 16.1. The van der Waals surface area contributed by atoms with Crippen LogP contribution in [0.25, 0.3) is 5.57 Å². The Hall–Kier alpha value is -1.63. The Kier molecular flexibility index (Phi) is 1.84. The average Bonchev–Trinajstić information content (AvgIpc) is 3.08. The SMILES string of the molecule is O=CC1=CC=C(c2ccccc2)C2CC12. The maximum atomic E-state index is 10.7. The number of hydrogen-bond donors (Lipinski definition) is 0. The van der Waals surface area contributed by atoms with Crippen LogP contribution in [0.5, 0.6) is 0 Å². The summed E-state index contributed by atoms with van der Waals surface area (Å²) in [7, 11) is 0. The van der Waals surface area contributed by atoms with Crippen LogP contribution in [-0.2, 0) is 4.79 Å². The quantitative estimate of drug-likeness (QED) is 0.665. The number of rotatable bonds is 2. The summed E-state index contributed by atoms with van der Waals surface area (Å²) in [4.78, 5) is 10.7. The molecule has 2 aliphatic rings. The lowest BCUT2D eigenvalue weighted by atomic mass is 9.94. The largest absolute Gasteiger partial charge is 0.298 e. The van der Waals surface area contributed by atoms with Gasteiger partial charge in [-0.2, -0.15) is 0 Å². The first-order chi connectivity index (χ1) is 7.40. The van der Waals surface area contributed by atoms with Crippen LogP contribution < -0.4 is 0 Å². The normalized spacial score (nSPS) is 27.5. The smallest absolute Gasteiger partial charge is 0.146 e. The fourth-order valence-corrected chi connectivity index (χ4v) is 2.41. The van der Waals surface area contributed by atoms with Crippen LogP contribution in [0.1, 0.15) is 12.0 Å². The van der Waals surface area contributed by atoms with E-state index in [1.165, 1.54) is 11.1 Å². The molecular formula is C14H12O. The Labute approximate surface area is 89.1 Å². The van der Waals surface area contributed by atoms with E-state index in [2.05, 4.69) is 30.3 Å². The Bertz CT molecular complexity index is 453. The zero-order valence-corrected chi connectivity index (χ0v) is 8.39. The second-order valence-corrected chi connectivity index (χ2v) is 4.22. The van der Waals surface area contributed by atoms with E-state index in [9.17, 15) is 4.79 Å². The van der Waals surface area contributed by atoms with Gasteiger partial charge in [0.05, 0.1) is 0 Å². The van der Waals surface area contributed by atoms with E-state index < -0.39 is 0 Å². The summed E-state index contributed by atoms with van der Waals surface area (Å²) in [6, 6.07) is 10.4. The first-order valence-electron chi connectivity index (χ1n) is 5.32. The van der Waals surface area contributed by atoms with Gasteiger partial charge in [0, 0.05) is 0 Å². The molecule has 0 aromatic heterocycles. The molecule has 1 heteroatoms. The number of fused-ring (bicyclic) bond motifs is 1. The van der Waals surface area contributed by atoms with E-state index in [1.807, 2.05) is 12.1 Å². The monoisotopic (exact) mass is 196 g/mol. The number of benzene rings is 1. The molecule has 0 aliphatic heterocycles. The van der Waals surface area contributed by atoms with Gasteiger partial charge in [-0.25, -0.2) is 0 Å². The van der Waals surface area contributed by atoms with Gasteiger partial charge < -0.3 is 0 Å². The highest BCUT2D eigenvalue weighted by Crippen LogP contribution is 2.53. The lowest BCUT2D eigenvalue weighted by Gasteiger charge is -2.10. The van der Waals surface area contributed by atoms with E-state index >= 15 is 0 Å². The van der Waals surface area contributed by atoms with Crippen LogP contribution in [0.15, 0.2) is 48.1 Å². The van der Waals surface area contributed by atoms with Crippen molar-refractivity contribution < 1.29 is 4.79 Å². The maximum Gasteiger partial charge on any atom is 0.146 e. The molecule has 15 heavy (non-hydrogen) atoms. The van der Waals surface area contributed by atoms with Crippen molar-refractivity contribution >= 4 is 11.9 Å². The number of hydrogen-bond acceptors (Lipinski definition) is 1. The molecule has 0 heterocycles. The molecular weight excluding hydrogens is 184 g/mol. The summed E-state index contributed by atoms with van der Waals surface area (Å²) in [5, 5.41) is 0. The van der Waals surface area contributed by atoms with Crippen molar-refractivity contribution in [2.24, 2.45) is 11.8 Å². The lowest BCUT2D eigenvalue weighted by molar-refractivity contribution is -0.105. The fourth-order valence-electron chi connectivity index (χ4n) is 2.41. The molecule has 3 rings (SSSR count). The number of aldehydes is 1.